The quantitative estimate of drug-likeness (QED) is 0.521. The van der Waals surface area contributed by atoms with E-state index in [0.717, 1.165) is 11.3 Å². The fraction of sp³-hybridized carbons (Fsp3) is 0.588. The number of ether oxygens (including phenoxy) is 1. The Morgan fingerprint density at radius 2 is 1.96 bits per heavy atom. The first-order chi connectivity index (χ1) is 11.4. The van der Waals surface area contributed by atoms with Crippen molar-refractivity contribution in [3.05, 3.63) is 29.8 Å². The van der Waals surface area contributed by atoms with E-state index >= 15 is 0 Å². The van der Waals surface area contributed by atoms with Crippen molar-refractivity contribution in [1.82, 2.24) is 10.6 Å². The molecule has 0 spiro atoms. The van der Waals surface area contributed by atoms with Crippen molar-refractivity contribution >= 4 is 15.8 Å². The van der Waals surface area contributed by atoms with Crippen LogP contribution in [0.1, 0.15) is 26.3 Å². The molecule has 0 aliphatic carbocycles. The van der Waals surface area contributed by atoms with Crippen LogP contribution in [0.3, 0.4) is 0 Å². The molecule has 1 atom stereocenters. The standard InChI is InChI=1S/C17H29N3O3S/c1-5-18-17(19-11-12-24(21,22)6-2)20-13-15(4)23-16-10-8-7-9-14(16)3/h7-10,15H,5-6,11-13H2,1-4H3,(H2,18,19,20). The summed E-state index contributed by atoms with van der Waals surface area (Å²) < 4.78 is 28.9. The van der Waals surface area contributed by atoms with E-state index in [1.54, 1.807) is 6.92 Å². The number of aryl methyl sites for hydroxylation is 1. The van der Waals surface area contributed by atoms with Crippen molar-refractivity contribution in [3.63, 3.8) is 0 Å². The van der Waals surface area contributed by atoms with E-state index in [2.05, 4.69) is 15.6 Å². The smallest absolute Gasteiger partial charge is 0.191 e. The molecular formula is C17H29N3O3S. The van der Waals surface area contributed by atoms with Gasteiger partial charge in [-0.3, -0.25) is 0 Å². The second-order valence-electron chi connectivity index (χ2n) is 5.58. The zero-order valence-corrected chi connectivity index (χ0v) is 15.8. The van der Waals surface area contributed by atoms with Gasteiger partial charge in [-0.15, -0.1) is 0 Å². The second kappa shape index (κ2) is 10.2. The molecular weight excluding hydrogens is 326 g/mol. The molecule has 0 saturated heterocycles. The molecule has 0 heterocycles. The third-order valence-corrected chi connectivity index (χ3v) is 5.12. The van der Waals surface area contributed by atoms with Crippen molar-refractivity contribution in [1.29, 1.82) is 0 Å². The Kier molecular flexibility index (Phi) is 8.60. The molecule has 0 aromatic heterocycles. The summed E-state index contributed by atoms with van der Waals surface area (Å²) in [5.41, 5.74) is 1.09. The number of rotatable bonds is 9. The first-order valence-electron chi connectivity index (χ1n) is 8.32. The molecule has 0 aliphatic rings. The SMILES string of the molecule is CCNC(=NCC(C)Oc1ccccc1C)NCCS(=O)(=O)CC. The Morgan fingerprint density at radius 3 is 2.58 bits per heavy atom. The van der Waals surface area contributed by atoms with Gasteiger partial charge in [-0.1, -0.05) is 25.1 Å². The maximum atomic E-state index is 11.5. The Balaban J connectivity index is 2.53. The normalized spacial score (nSPS) is 13.4. The highest BCUT2D eigenvalue weighted by Gasteiger charge is 2.09. The number of hydrogen-bond acceptors (Lipinski definition) is 4. The number of hydrogen-bond donors (Lipinski definition) is 2. The Labute approximate surface area is 145 Å². The first kappa shape index (κ1) is 20.3. The number of nitrogens with one attached hydrogen (secondary N) is 2. The molecule has 1 unspecified atom stereocenters. The predicted molar refractivity (Wildman–Crippen MR) is 99.6 cm³/mol. The van der Waals surface area contributed by atoms with Gasteiger partial charge in [-0.25, -0.2) is 13.4 Å². The van der Waals surface area contributed by atoms with Crippen molar-refractivity contribution in [3.8, 4) is 5.75 Å². The van der Waals surface area contributed by atoms with Gasteiger partial charge in [0, 0.05) is 18.8 Å². The van der Waals surface area contributed by atoms with Crippen LogP contribution in [0.2, 0.25) is 0 Å². The number of para-hydroxylation sites is 1. The zero-order chi connectivity index (χ0) is 18.0. The molecule has 7 heteroatoms. The molecule has 0 fully saturated rings. The minimum atomic E-state index is -2.98. The Bertz CT molecular complexity index is 630. The van der Waals surface area contributed by atoms with E-state index < -0.39 is 9.84 Å². The lowest BCUT2D eigenvalue weighted by atomic mass is 10.2. The first-order valence-corrected chi connectivity index (χ1v) is 10.1. The molecule has 2 N–H and O–H groups in total. The van der Waals surface area contributed by atoms with Crippen molar-refractivity contribution in [2.45, 2.75) is 33.8 Å². The van der Waals surface area contributed by atoms with Crippen LogP contribution in [-0.2, 0) is 9.84 Å². The Hall–Kier alpha value is -1.76. The number of benzene rings is 1. The summed E-state index contributed by atoms with van der Waals surface area (Å²) in [6, 6.07) is 7.86. The van der Waals surface area contributed by atoms with Gasteiger partial charge >= 0.3 is 0 Å². The number of aliphatic imine (C=N–C) groups is 1. The lowest BCUT2D eigenvalue weighted by Crippen LogP contribution is -2.40. The van der Waals surface area contributed by atoms with Crippen LogP contribution in [-0.4, -0.2) is 51.6 Å². The van der Waals surface area contributed by atoms with Crippen LogP contribution in [0.5, 0.6) is 5.75 Å². The maximum Gasteiger partial charge on any atom is 0.191 e. The molecule has 136 valence electrons. The van der Waals surface area contributed by atoms with E-state index in [4.69, 9.17) is 4.74 Å². The third kappa shape index (κ3) is 7.68. The average molecular weight is 356 g/mol. The highest BCUT2D eigenvalue weighted by atomic mass is 32.2. The zero-order valence-electron chi connectivity index (χ0n) is 15.0. The minimum absolute atomic E-state index is 0.0825. The molecule has 6 nitrogen and oxygen atoms in total. The van der Waals surface area contributed by atoms with E-state index in [1.807, 2.05) is 45.0 Å². The summed E-state index contributed by atoms with van der Waals surface area (Å²) in [6.07, 6.45) is -0.0825. The lowest BCUT2D eigenvalue weighted by molar-refractivity contribution is 0.228. The molecule has 0 radical (unpaired) electrons. The summed E-state index contributed by atoms with van der Waals surface area (Å²) in [5, 5.41) is 6.15. The van der Waals surface area contributed by atoms with Crippen LogP contribution >= 0.6 is 0 Å². The topological polar surface area (TPSA) is 79.8 Å². The van der Waals surface area contributed by atoms with Gasteiger partial charge in [-0.2, -0.15) is 0 Å². The molecule has 1 rings (SSSR count). The maximum absolute atomic E-state index is 11.5. The molecule has 0 saturated carbocycles. The number of sulfone groups is 1. The summed E-state index contributed by atoms with van der Waals surface area (Å²) in [6.45, 7) is 9.11. The molecule has 1 aromatic rings. The van der Waals surface area contributed by atoms with Gasteiger partial charge < -0.3 is 15.4 Å². The lowest BCUT2D eigenvalue weighted by Gasteiger charge is -2.16. The van der Waals surface area contributed by atoms with Crippen molar-refractivity contribution in [2.24, 2.45) is 4.99 Å². The monoisotopic (exact) mass is 355 g/mol. The van der Waals surface area contributed by atoms with E-state index in [-0.39, 0.29) is 17.6 Å². The fourth-order valence-corrected chi connectivity index (χ4v) is 2.68. The van der Waals surface area contributed by atoms with Gasteiger partial charge in [0.1, 0.15) is 11.9 Å². The van der Waals surface area contributed by atoms with Gasteiger partial charge in [0.25, 0.3) is 0 Å². The van der Waals surface area contributed by atoms with Crippen LogP contribution in [0.4, 0.5) is 0 Å². The molecule has 0 amide bonds. The van der Waals surface area contributed by atoms with Crippen LogP contribution in [0.15, 0.2) is 29.3 Å². The van der Waals surface area contributed by atoms with E-state index in [9.17, 15) is 8.42 Å². The number of guanidine groups is 1. The average Bonchev–Trinajstić information content (AvgIpc) is 2.54. The summed E-state index contributed by atoms with van der Waals surface area (Å²) in [5.74, 6) is 1.71. The van der Waals surface area contributed by atoms with Gasteiger partial charge in [0.15, 0.2) is 15.8 Å². The molecule has 24 heavy (non-hydrogen) atoms. The summed E-state index contributed by atoms with van der Waals surface area (Å²) in [4.78, 5) is 4.46. The summed E-state index contributed by atoms with van der Waals surface area (Å²) >= 11 is 0. The predicted octanol–water partition coefficient (Wildman–Crippen LogP) is 1.75. The highest BCUT2D eigenvalue weighted by Crippen LogP contribution is 2.17. The van der Waals surface area contributed by atoms with Gasteiger partial charge in [0.05, 0.1) is 12.3 Å². The fourth-order valence-electron chi connectivity index (χ4n) is 1.97. The Morgan fingerprint density at radius 1 is 1.25 bits per heavy atom. The van der Waals surface area contributed by atoms with E-state index in [1.165, 1.54) is 0 Å². The van der Waals surface area contributed by atoms with Gasteiger partial charge in [0.2, 0.25) is 0 Å². The molecule has 1 aromatic carbocycles. The molecule has 0 bridgehead atoms. The van der Waals surface area contributed by atoms with E-state index in [0.29, 0.717) is 25.6 Å². The van der Waals surface area contributed by atoms with Crippen molar-refractivity contribution < 1.29 is 13.2 Å². The largest absolute Gasteiger partial charge is 0.489 e. The molecule has 0 aliphatic heterocycles. The van der Waals surface area contributed by atoms with Gasteiger partial charge in [-0.05, 0) is 32.4 Å². The second-order valence-corrected chi connectivity index (χ2v) is 8.05. The van der Waals surface area contributed by atoms with Crippen molar-refractivity contribution in [2.75, 3.05) is 31.1 Å². The van der Waals surface area contributed by atoms with Crippen LogP contribution in [0, 0.1) is 6.92 Å². The highest BCUT2D eigenvalue weighted by molar-refractivity contribution is 7.91. The minimum Gasteiger partial charge on any atom is -0.489 e. The number of nitrogens with zero attached hydrogens (tertiary/aromatic N) is 1. The summed E-state index contributed by atoms with van der Waals surface area (Å²) in [7, 11) is -2.98. The van der Waals surface area contributed by atoms with Crippen LogP contribution in [0.25, 0.3) is 0 Å². The van der Waals surface area contributed by atoms with Crippen LogP contribution < -0.4 is 15.4 Å². The third-order valence-electron chi connectivity index (χ3n) is 3.42.